The van der Waals surface area contributed by atoms with Crippen LogP contribution in [-0.4, -0.2) is 59.4 Å². The summed E-state index contributed by atoms with van der Waals surface area (Å²) in [6.07, 6.45) is 5.05. The lowest BCUT2D eigenvalue weighted by Crippen LogP contribution is -2.37. The van der Waals surface area contributed by atoms with Gasteiger partial charge >= 0.3 is 0 Å². The Kier molecular flexibility index (Phi) is 7.25. The van der Waals surface area contributed by atoms with Crippen molar-refractivity contribution >= 4 is 23.4 Å². The molecule has 1 saturated heterocycles. The number of para-hydroxylation sites is 1. The molecule has 1 aliphatic rings. The molecule has 0 saturated carbocycles. The predicted molar refractivity (Wildman–Crippen MR) is 108 cm³/mol. The number of nitrogens with zero attached hydrogens (tertiary/aromatic N) is 3. The third-order valence-corrected chi connectivity index (χ3v) is 5.00. The first-order valence-corrected chi connectivity index (χ1v) is 9.87. The number of halogens is 1. The Balaban J connectivity index is 1.43. The molecule has 2 heterocycles. The summed E-state index contributed by atoms with van der Waals surface area (Å²) in [5, 5.41) is 0.570. The van der Waals surface area contributed by atoms with Gasteiger partial charge in [-0.05, 0) is 37.1 Å². The third-order valence-electron chi connectivity index (χ3n) is 4.69. The number of hydrogen-bond acceptors (Lipinski definition) is 4. The topological polar surface area (TPSA) is 62.7 Å². The van der Waals surface area contributed by atoms with Crippen molar-refractivity contribution in [1.29, 1.82) is 0 Å². The standard InChI is InChI=1S/C21H24ClN3O3/c22-18-5-1-2-6-19(18)28-16-3-7-20(26)24-12-4-13-25(15-14-24)21(27)17-8-10-23-11-9-17/h1-2,5-6,8-11H,3-4,7,12-16H2. The summed E-state index contributed by atoms with van der Waals surface area (Å²) in [5.41, 5.74) is 0.631. The Morgan fingerprint density at radius 2 is 1.71 bits per heavy atom. The molecular formula is C21H24ClN3O3. The summed E-state index contributed by atoms with van der Waals surface area (Å²) in [6, 6.07) is 10.7. The number of benzene rings is 1. The zero-order valence-corrected chi connectivity index (χ0v) is 16.5. The van der Waals surface area contributed by atoms with Gasteiger partial charge in [-0.2, -0.15) is 0 Å². The fourth-order valence-corrected chi connectivity index (χ4v) is 3.36. The molecule has 2 aromatic rings. The average Bonchev–Trinajstić information content (AvgIpc) is 2.99. The van der Waals surface area contributed by atoms with E-state index in [1.807, 2.05) is 28.0 Å². The lowest BCUT2D eigenvalue weighted by Gasteiger charge is -2.22. The van der Waals surface area contributed by atoms with E-state index in [9.17, 15) is 9.59 Å². The van der Waals surface area contributed by atoms with Gasteiger partial charge in [-0.25, -0.2) is 0 Å². The Morgan fingerprint density at radius 1 is 1.00 bits per heavy atom. The highest BCUT2D eigenvalue weighted by atomic mass is 35.5. The van der Waals surface area contributed by atoms with Crippen LogP contribution in [0.15, 0.2) is 48.8 Å². The molecule has 148 valence electrons. The zero-order chi connectivity index (χ0) is 19.8. The number of aromatic nitrogens is 1. The van der Waals surface area contributed by atoms with E-state index in [-0.39, 0.29) is 11.8 Å². The molecule has 1 aromatic carbocycles. The molecule has 7 heteroatoms. The van der Waals surface area contributed by atoms with Crippen LogP contribution in [0.3, 0.4) is 0 Å². The van der Waals surface area contributed by atoms with Gasteiger partial charge in [0.15, 0.2) is 0 Å². The summed E-state index contributed by atoms with van der Waals surface area (Å²) in [4.78, 5) is 32.7. The maximum absolute atomic E-state index is 12.6. The van der Waals surface area contributed by atoms with Crippen molar-refractivity contribution in [1.82, 2.24) is 14.8 Å². The van der Waals surface area contributed by atoms with E-state index in [1.54, 1.807) is 30.6 Å². The number of ether oxygens (including phenoxy) is 1. The summed E-state index contributed by atoms with van der Waals surface area (Å²) in [5.74, 6) is 0.725. The fourth-order valence-electron chi connectivity index (χ4n) is 3.17. The molecule has 0 atom stereocenters. The highest BCUT2D eigenvalue weighted by molar-refractivity contribution is 6.32. The van der Waals surface area contributed by atoms with E-state index < -0.39 is 0 Å². The smallest absolute Gasteiger partial charge is 0.254 e. The van der Waals surface area contributed by atoms with E-state index >= 15 is 0 Å². The molecule has 0 N–H and O–H groups in total. The molecule has 0 unspecified atom stereocenters. The van der Waals surface area contributed by atoms with Crippen molar-refractivity contribution in [3.05, 3.63) is 59.4 Å². The first kappa shape index (κ1) is 20.1. The van der Waals surface area contributed by atoms with Gasteiger partial charge < -0.3 is 14.5 Å². The molecule has 28 heavy (non-hydrogen) atoms. The number of carbonyl (C=O) groups excluding carboxylic acids is 2. The van der Waals surface area contributed by atoms with Gasteiger partial charge in [-0.3, -0.25) is 14.6 Å². The van der Waals surface area contributed by atoms with Crippen LogP contribution < -0.4 is 4.74 Å². The second-order valence-electron chi connectivity index (χ2n) is 6.64. The van der Waals surface area contributed by atoms with Crippen LogP contribution in [0.1, 0.15) is 29.6 Å². The molecule has 1 aliphatic heterocycles. The highest BCUT2D eigenvalue weighted by Crippen LogP contribution is 2.23. The number of rotatable bonds is 6. The monoisotopic (exact) mass is 401 g/mol. The summed E-state index contributed by atoms with van der Waals surface area (Å²) >= 11 is 6.05. The molecular weight excluding hydrogens is 378 g/mol. The minimum atomic E-state index is -0.00941. The largest absolute Gasteiger partial charge is 0.492 e. The summed E-state index contributed by atoms with van der Waals surface area (Å²) < 4.78 is 5.64. The number of pyridine rings is 1. The van der Waals surface area contributed by atoms with Gasteiger partial charge in [0.1, 0.15) is 5.75 Å². The Labute approximate surface area is 170 Å². The maximum Gasteiger partial charge on any atom is 0.254 e. The molecule has 2 amide bonds. The Morgan fingerprint density at radius 3 is 2.50 bits per heavy atom. The normalized spacial score (nSPS) is 14.5. The molecule has 1 aromatic heterocycles. The molecule has 0 radical (unpaired) electrons. The molecule has 0 bridgehead atoms. The lowest BCUT2D eigenvalue weighted by atomic mass is 10.2. The van der Waals surface area contributed by atoms with Gasteiger partial charge in [0, 0.05) is 50.6 Å². The van der Waals surface area contributed by atoms with E-state index in [0.29, 0.717) is 62.0 Å². The molecule has 1 fully saturated rings. The van der Waals surface area contributed by atoms with E-state index in [4.69, 9.17) is 16.3 Å². The van der Waals surface area contributed by atoms with Crippen molar-refractivity contribution in [2.45, 2.75) is 19.3 Å². The first-order valence-electron chi connectivity index (χ1n) is 9.49. The van der Waals surface area contributed by atoms with Crippen molar-refractivity contribution in [3.8, 4) is 5.75 Å². The maximum atomic E-state index is 12.6. The zero-order valence-electron chi connectivity index (χ0n) is 15.7. The van der Waals surface area contributed by atoms with Crippen LogP contribution >= 0.6 is 11.6 Å². The van der Waals surface area contributed by atoms with E-state index in [2.05, 4.69) is 4.98 Å². The summed E-state index contributed by atoms with van der Waals surface area (Å²) in [6.45, 7) is 2.87. The number of amides is 2. The Bertz CT molecular complexity index is 800. The van der Waals surface area contributed by atoms with Crippen molar-refractivity contribution in [2.24, 2.45) is 0 Å². The fraction of sp³-hybridized carbons (Fsp3) is 0.381. The minimum absolute atomic E-state index is 0.00941. The van der Waals surface area contributed by atoms with Gasteiger partial charge in [0.25, 0.3) is 5.91 Å². The first-order chi connectivity index (χ1) is 13.6. The molecule has 0 spiro atoms. The van der Waals surface area contributed by atoms with Crippen LogP contribution in [0.5, 0.6) is 5.75 Å². The van der Waals surface area contributed by atoms with Gasteiger partial charge in [-0.15, -0.1) is 0 Å². The van der Waals surface area contributed by atoms with E-state index in [0.717, 1.165) is 6.42 Å². The second kappa shape index (κ2) is 10.1. The van der Waals surface area contributed by atoms with Crippen molar-refractivity contribution < 1.29 is 14.3 Å². The molecule has 0 aliphatic carbocycles. The van der Waals surface area contributed by atoms with Gasteiger partial charge in [0.2, 0.25) is 5.91 Å². The lowest BCUT2D eigenvalue weighted by molar-refractivity contribution is -0.131. The van der Waals surface area contributed by atoms with Gasteiger partial charge in [0.05, 0.1) is 11.6 Å². The van der Waals surface area contributed by atoms with Gasteiger partial charge in [-0.1, -0.05) is 23.7 Å². The molecule has 6 nitrogen and oxygen atoms in total. The number of carbonyl (C=O) groups is 2. The highest BCUT2D eigenvalue weighted by Gasteiger charge is 2.22. The quantitative estimate of drug-likeness (QED) is 0.697. The third kappa shape index (κ3) is 5.45. The molecule has 3 rings (SSSR count). The van der Waals surface area contributed by atoms with Crippen LogP contribution in [0.25, 0.3) is 0 Å². The van der Waals surface area contributed by atoms with Crippen LogP contribution in [0.4, 0.5) is 0 Å². The van der Waals surface area contributed by atoms with Crippen LogP contribution in [0, 0.1) is 0 Å². The van der Waals surface area contributed by atoms with Crippen molar-refractivity contribution in [3.63, 3.8) is 0 Å². The predicted octanol–water partition coefficient (Wildman–Crippen LogP) is 3.27. The second-order valence-corrected chi connectivity index (χ2v) is 7.05. The average molecular weight is 402 g/mol. The number of hydrogen-bond donors (Lipinski definition) is 0. The minimum Gasteiger partial charge on any atom is -0.492 e. The SMILES string of the molecule is O=C(CCCOc1ccccc1Cl)N1CCCN(C(=O)c2ccncc2)CC1. The summed E-state index contributed by atoms with van der Waals surface area (Å²) in [7, 11) is 0. The Hall–Kier alpha value is -2.60. The van der Waals surface area contributed by atoms with Crippen LogP contribution in [-0.2, 0) is 4.79 Å². The van der Waals surface area contributed by atoms with Crippen molar-refractivity contribution in [2.75, 3.05) is 32.8 Å². The van der Waals surface area contributed by atoms with Crippen LogP contribution in [0.2, 0.25) is 5.02 Å². The van der Waals surface area contributed by atoms with E-state index in [1.165, 1.54) is 0 Å².